The molecule has 1 N–H and O–H groups in total. The van der Waals surface area contributed by atoms with E-state index in [1.807, 2.05) is 0 Å². The minimum absolute atomic E-state index is 0.0549. The van der Waals surface area contributed by atoms with Crippen molar-refractivity contribution >= 4 is 22.4 Å². The van der Waals surface area contributed by atoms with E-state index in [-0.39, 0.29) is 18.1 Å². The lowest BCUT2D eigenvalue weighted by molar-refractivity contribution is -0.117. The van der Waals surface area contributed by atoms with Crippen LogP contribution in [-0.4, -0.2) is 25.2 Å². The minimum atomic E-state index is -0.238. The number of carbonyl (C=O) groups is 1. The summed E-state index contributed by atoms with van der Waals surface area (Å²) in [4.78, 5) is 30.7. The Labute approximate surface area is 156 Å². The van der Waals surface area contributed by atoms with E-state index in [0.717, 1.165) is 56.0 Å². The number of hydrogen-bond acceptors (Lipinski definition) is 5. The lowest BCUT2D eigenvalue weighted by Crippen LogP contribution is -2.30. The monoisotopic (exact) mass is 375 g/mol. The Morgan fingerprint density at radius 2 is 2.19 bits per heavy atom. The van der Waals surface area contributed by atoms with Crippen LogP contribution < -0.4 is 11.0 Å². The van der Waals surface area contributed by atoms with Gasteiger partial charge >= 0.3 is 5.69 Å². The van der Waals surface area contributed by atoms with Gasteiger partial charge < -0.3 is 5.32 Å². The van der Waals surface area contributed by atoms with Crippen LogP contribution in [0.25, 0.3) is 0 Å². The molecule has 0 aromatic carbocycles. The smallest absolute Gasteiger partial charge is 0.300 e. The Morgan fingerprint density at radius 3 is 3.04 bits per heavy atom. The SMILES string of the molecule is CCC1CCc2nc(NC(=O)Cn3nc4n(c3=O)CCCCC4)sc2C1. The van der Waals surface area contributed by atoms with E-state index in [9.17, 15) is 9.59 Å². The van der Waals surface area contributed by atoms with Crippen LogP contribution in [0.3, 0.4) is 0 Å². The number of amides is 1. The van der Waals surface area contributed by atoms with Gasteiger partial charge in [0.25, 0.3) is 0 Å². The molecular formula is C18H25N5O2S. The van der Waals surface area contributed by atoms with Crippen molar-refractivity contribution in [2.24, 2.45) is 5.92 Å². The normalized spacial score (nSPS) is 19.5. The predicted molar refractivity (Wildman–Crippen MR) is 101 cm³/mol. The van der Waals surface area contributed by atoms with E-state index in [0.29, 0.717) is 11.7 Å². The molecule has 0 radical (unpaired) electrons. The molecule has 26 heavy (non-hydrogen) atoms. The largest absolute Gasteiger partial charge is 0.346 e. The summed E-state index contributed by atoms with van der Waals surface area (Å²) in [5, 5.41) is 7.87. The molecule has 0 fully saturated rings. The maximum absolute atomic E-state index is 12.5. The third kappa shape index (κ3) is 3.47. The number of fused-ring (bicyclic) bond motifs is 2. The van der Waals surface area contributed by atoms with Crippen molar-refractivity contribution in [2.75, 3.05) is 5.32 Å². The summed E-state index contributed by atoms with van der Waals surface area (Å²) in [7, 11) is 0. The van der Waals surface area contributed by atoms with Crippen molar-refractivity contribution in [3.63, 3.8) is 0 Å². The summed E-state index contributed by atoms with van der Waals surface area (Å²) < 4.78 is 3.00. The van der Waals surface area contributed by atoms with Crippen molar-refractivity contribution in [1.82, 2.24) is 19.3 Å². The molecule has 1 unspecified atom stereocenters. The van der Waals surface area contributed by atoms with E-state index < -0.39 is 0 Å². The molecule has 7 nitrogen and oxygen atoms in total. The number of carbonyl (C=O) groups excluding carboxylic acids is 1. The zero-order chi connectivity index (χ0) is 18.1. The first kappa shape index (κ1) is 17.5. The highest BCUT2D eigenvalue weighted by Gasteiger charge is 2.22. The third-order valence-corrected chi connectivity index (χ3v) is 6.48. The first-order valence-corrected chi connectivity index (χ1v) is 10.4. The van der Waals surface area contributed by atoms with E-state index in [2.05, 4.69) is 22.3 Å². The third-order valence-electron chi connectivity index (χ3n) is 5.44. The summed E-state index contributed by atoms with van der Waals surface area (Å²) in [5.74, 6) is 1.29. The van der Waals surface area contributed by atoms with Gasteiger partial charge in [0, 0.05) is 17.8 Å². The molecule has 4 rings (SSSR count). The second-order valence-electron chi connectivity index (χ2n) is 7.27. The predicted octanol–water partition coefficient (Wildman–Crippen LogP) is 2.38. The molecule has 2 aromatic rings. The summed E-state index contributed by atoms with van der Waals surface area (Å²) in [5.41, 5.74) is 0.946. The Morgan fingerprint density at radius 1 is 1.31 bits per heavy atom. The van der Waals surface area contributed by atoms with E-state index >= 15 is 0 Å². The van der Waals surface area contributed by atoms with Crippen LogP contribution in [0.4, 0.5) is 5.13 Å². The van der Waals surface area contributed by atoms with Gasteiger partial charge in [0.15, 0.2) is 5.13 Å². The number of thiazole rings is 1. The van der Waals surface area contributed by atoms with Crippen molar-refractivity contribution in [2.45, 2.75) is 71.4 Å². The van der Waals surface area contributed by atoms with Crippen LogP contribution in [0.1, 0.15) is 55.4 Å². The first-order valence-electron chi connectivity index (χ1n) is 9.59. The zero-order valence-corrected chi connectivity index (χ0v) is 16.0. The van der Waals surface area contributed by atoms with Gasteiger partial charge in [-0.3, -0.25) is 9.36 Å². The van der Waals surface area contributed by atoms with Crippen LogP contribution in [-0.2, 0) is 37.1 Å². The zero-order valence-electron chi connectivity index (χ0n) is 15.2. The van der Waals surface area contributed by atoms with E-state index in [4.69, 9.17) is 0 Å². The molecule has 1 atom stereocenters. The van der Waals surface area contributed by atoms with Crippen LogP contribution in [0.2, 0.25) is 0 Å². The molecule has 0 saturated carbocycles. The molecule has 2 aliphatic rings. The van der Waals surface area contributed by atoms with E-state index in [1.165, 1.54) is 22.4 Å². The Kier molecular flexibility index (Phi) is 4.93. The highest BCUT2D eigenvalue weighted by molar-refractivity contribution is 7.15. The van der Waals surface area contributed by atoms with Gasteiger partial charge in [-0.15, -0.1) is 11.3 Å². The van der Waals surface area contributed by atoms with Gasteiger partial charge in [-0.05, 0) is 38.0 Å². The van der Waals surface area contributed by atoms with E-state index in [1.54, 1.807) is 15.9 Å². The van der Waals surface area contributed by atoms with Gasteiger partial charge in [-0.2, -0.15) is 5.10 Å². The summed E-state index contributed by atoms with van der Waals surface area (Å²) >= 11 is 1.57. The van der Waals surface area contributed by atoms with Crippen molar-refractivity contribution in [3.05, 3.63) is 26.9 Å². The molecule has 140 valence electrons. The van der Waals surface area contributed by atoms with Crippen molar-refractivity contribution in [1.29, 1.82) is 0 Å². The van der Waals surface area contributed by atoms with Gasteiger partial charge in [-0.1, -0.05) is 19.8 Å². The maximum Gasteiger partial charge on any atom is 0.346 e. The van der Waals surface area contributed by atoms with Crippen LogP contribution in [0.5, 0.6) is 0 Å². The standard InChI is InChI=1S/C18H25N5O2S/c1-2-12-7-8-13-14(10-12)26-17(19-13)20-16(24)11-23-18(25)22-9-5-3-4-6-15(22)21-23/h12H,2-11H2,1H3,(H,19,20,24). The molecule has 0 bridgehead atoms. The summed E-state index contributed by atoms with van der Waals surface area (Å²) in [6.45, 7) is 2.87. The fourth-order valence-corrected chi connectivity index (χ4v) is 5.01. The van der Waals surface area contributed by atoms with Crippen LogP contribution in [0, 0.1) is 5.92 Å². The molecule has 8 heteroatoms. The number of anilines is 1. The molecule has 2 aromatic heterocycles. The number of nitrogens with one attached hydrogen (secondary N) is 1. The van der Waals surface area contributed by atoms with Gasteiger partial charge in [0.05, 0.1) is 5.69 Å². The Hall–Kier alpha value is -1.96. The molecule has 0 saturated heterocycles. The average molecular weight is 375 g/mol. The van der Waals surface area contributed by atoms with Gasteiger partial charge in [-0.25, -0.2) is 14.5 Å². The quantitative estimate of drug-likeness (QED) is 0.889. The van der Waals surface area contributed by atoms with Crippen LogP contribution in [0.15, 0.2) is 4.79 Å². The molecule has 1 amide bonds. The van der Waals surface area contributed by atoms with Crippen LogP contribution >= 0.6 is 11.3 Å². The van der Waals surface area contributed by atoms with Gasteiger partial charge in [0.1, 0.15) is 12.4 Å². The highest BCUT2D eigenvalue weighted by atomic mass is 32.1. The number of rotatable bonds is 4. The highest BCUT2D eigenvalue weighted by Crippen LogP contribution is 2.33. The fourth-order valence-electron chi connectivity index (χ4n) is 3.87. The summed E-state index contributed by atoms with van der Waals surface area (Å²) in [6, 6.07) is 0. The fraction of sp³-hybridized carbons (Fsp3) is 0.667. The topological polar surface area (TPSA) is 81.8 Å². The molecule has 1 aliphatic carbocycles. The minimum Gasteiger partial charge on any atom is -0.300 e. The number of aryl methyl sites for hydroxylation is 2. The number of aromatic nitrogens is 4. The Bertz CT molecular complexity index is 866. The Balaban J connectivity index is 1.44. The van der Waals surface area contributed by atoms with Crippen molar-refractivity contribution in [3.8, 4) is 0 Å². The summed E-state index contributed by atoms with van der Waals surface area (Å²) in [6.07, 6.45) is 8.39. The molecule has 0 spiro atoms. The first-order chi connectivity index (χ1) is 12.6. The maximum atomic E-state index is 12.5. The molecule has 3 heterocycles. The lowest BCUT2D eigenvalue weighted by atomic mass is 9.89. The molecular weight excluding hydrogens is 350 g/mol. The number of nitrogens with zero attached hydrogens (tertiary/aromatic N) is 4. The second-order valence-corrected chi connectivity index (χ2v) is 8.36. The van der Waals surface area contributed by atoms with Gasteiger partial charge in [0.2, 0.25) is 5.91 Å². The lowest BCUT2D eigenvalue weighted by Gasteiger charge is -2.18. The number of hydrogen-bond donors (Lipinski definition) is 1. The molecule has 1 aliphatic heterocycles. The second kappa shape index (κ2) is 7.34. The average Bonchev–Trinajstić information content (AvgIpc) is 3.05. The van der Waals surface area contributed by atoms with Crippen molar-refractivity contribution < 1.29 is 4.79 Å².